The summed E-state index contributed by atoms with van der Waals surface area (Å²) in [5, 5.41) is 33.3. The fraction of sp³-hybridized carbons (Fsp3) is 0. The first-order valence-corrected chi connectivity index (χ1v) is 8.58. The van der Waals surface area contributed by atoms with Crippen LogP contribution in [0, 0.1) is 20.2 Å². The number of non-ortho nitro benzene ring substituents is 2. The maximum absolute atomic E-state index is 12.5. The molecule has 30 heavy (non-hydrogen) atoms. The first kappa shape index (κ1) is 18.7. The van der Waals surface area contributed by atoms with Gasteiger partial charge in [0.05, 0.1) is 27.2 Å². The molecule has 0 aliphatic carbocycles. The summed E-state index contributed by atoms with van der Waals surface area (Å²) >= 11 is 0. The molecule has 0 radical (unpaired) electrons. The zero-order valence-electron chi connectivity index (χ0n) is 15.1. The van der Waals surface area contributed by atoms with E-state index in [2.05, 4.69) is 15.5 Å². The van der Waals surface area contributed by atoms with Crippen molar-refractivity contribution in [1.82, 2.24) is 15.0 Å². The number of nitro benzene ring substituents is 2. The molecule has 1 aromatic heterocycles. The summed E-state index contributed by atoms with van der Waals surface area (Å²) in [7, 11) is 0. The van der Waals surface area contributed by atoms with Crippen LogP contribution in [0.1, 0.15) is 10.4 Å². The zero-order chi connectivity index (χ0) is 21.3. The third-order valence-corrected chi connectivity index (χ3v) is 4.21. The van der Waals surface area contributed by atoms with E-state index >= 15 is 0 Å². The smallest absolute Gasteiger partial charge is 0.277 e. The van der Waals surface area contributed by atoms with Crippen LogP contribution in [0.3, 0.4) is 0 Å². The van der Waals surface area contributed by atoms with Gasteiger partial charge >= 0.3 is 0 Å². The van der Waals surface area contributed by atoms with Crippen LogP contribution in [-0.4, -0.2) is 30.7 Å². The van der Waals surface area contributed by atoms with Gasteiger partial charge in [0, 0.05) is 17.8 Å². The topological polar surface area (TPSA) is 146 Å². The first-order valence-electron chi connectivity index (χ1n) is 8.58. The number of fused-ring (bicyclic) bond motifs is 1. The summed E-state index contributed by atoms with van der Waals surface area (Å²) in [4.78, 5) is 34.4. The molecule has 11 heteroatoms. The Bertz CT molecular complexity index is 1270. The number of nitrogens with zero attached hydrogens (tertiary/aromatic N) is 5. The predicted molar refractivity (Wildman–Crippen MR) is 107 cm³/mol. The van der Waals surface area contributed by atoms with E-state index in [-0.39, 0.29) is 5.56 Å². The average Bonchev–Trinajstić information content (AvgIpc) is 3.17. The summed E-state index contributed by atoms with van der Waals surface area (Å²) in [6.07, 6.45) is 0. The molecule has 0 atom stereocenters. The van der Waals surface area contributed by atoms with Gasteiger partial charge in [0.1, 0.15) is 11.0 Å². The van der Waals surface area contributed by atoms with Crippen LogP contribution in [-0.2, 0) is 0 Å². The number of anilines is 1. The minimum Gasteiger partial charge on any atom is -0.322 e. The van der Waals surface area contributed by atoms with E-state index in [4.69, 9.17) is 0 Å². The molecule has 0 fully saturated rings. The molecule has 148 valence electrons. The first-order chi connectivity index (χ1) is 14.4. The van der Waals surface area contributed by atoms with Crippen LogP contribution >= 0.6 is 0 Å². The summed E-state index contributed by atoms with van der Waals surface area (Å²) in [5.41, 5.74) is 0.949. The van der Waals surface area contributed by atoms with Crippen molar-refractivity contribution in [1.29, 1.82) is 0 Å². The van der Waals surface area contributed by atoms with Crippen LogP contribution in [0.2, 0.25) is 0 Å². The highest BCUT2D eigenvalue weighted by Gasteiger charge is 2.20. The number of para-hydroxylation sites is 1. The van der Waals surface area contributed by atoms with Crippen LogP contribution in [0.5, 0.6) is 0 Å². The molecule has 0 aliphatic rings. The second-order valence-corrected chi connectivity index (χ2v) is 6.23. The van der Waals surface area contributed by atoms with E-state index in [0.717, 1.165) is 23.9 Å². The molecule has 0 bridgehead atoms. The number of carbonyl (C=O) groups is 1. The normalized spacial score (nSPS) is 10.7. The molecule has 0 unspecified atom stereocenters. The van der Waals surface area contributed by atoms with Gasteiger partial charge in [-0.3, -0.25) is 25.0 Å². The Hall–Kier alpha value is -4.67. The largest absolute Gasteiger partial charge is 0.322 e. The maximum Gasteiger partial charge on any atom is 0.277 e. The number of benzene rings is 3. The van der Waals surface area contributed by atoms with E-state index in [1.54, 1.807) is 18.2 Å². The van der Waals surface area contributed by atoms with Gasteiger partial charge < -0.3 is 5.32 Å². The maximum atomic E-state index is 12.5. The predicted octanol–water partition coefficient (Wildman–Crippen LogP) is 3.49. The Balaban J connectivity index is 1.63. The third-order valence-electron chi connectivity index (χ3n) is 4.21. The number of rotatable bonds is 5. The van der Waals surface area contributed by atoms with Gasteiger partial charge in [-0.2, -0.15) is 4.80 Å². The van der Waals surface area contributed by atoms with E-state index in [1.807, 2.05) is 30.3 Å². The Morgan fingerprint density at radius 2 is 1.47 bits per heavy atom. The van der Waals surface area contributed by atoms with Crippen molar-refractivity contribution < 1.29 is 14.6 Å². The number of hydrogen-bond donors (Lipinski definition) is 1. The molecule has 11 nitrogen and oxygen atoms in total. The molecule has 3 aromatic carbocycles. The number of nitro groups is 2. The van der Waals surface area contributed by atoms with E-state index in [1.165, 1.54) is 4.80 Å². The van der Waals surface area contributed by atoms with Crippen molar-refractivity contribution in [2.75, 3.05) is 5.32 Å². The highest BCUT2D eigenvalue weighted by molar-refractivity contribution is 6.05. The van der Waals surface area contributed by atoms with Crippen molar-refractivity contribution in [3.63, 3.8) is 0 Å². The van der Waals surface area contributed by atoms with Gasteiger partial charge in [0.25, 0.3) is 17.3 Å². The Morgan fingerprint density at radius 3 is 2.10 bits per heavy atom. The summed E-state index contributed by atoms with van der Waals surface area (Å²) < 4.78 is 0. The molecule has 0 aliphatic heterocycles. The number of carbonyl (C=O) groups excluding carboxylic acids is 1. The van der Waals surface area contributed by atoms with Gasteiger partial charge in [-0.25, -0.2) is 0 Å². The molecule has 4 rings (SSSR count). The van der Waals surface area contributed by atoms with Crippen molar-refractivity contribution in [3.8, 4) is 5.69 Å². The highest BCUT2D eigenvalue weighted by Crippen LogP contribution is 2.24. The van der Waals surface area contributed by atoms with Gasteiger partial charge in [-0.15, -0.1) is 10.2 Å². The van der Waals surface area contributed by atoms with Gasteiger partial charge in [0.15, 0.2) is 0 Å². The van der Waals surface area contributed by atoms with Gasteiger partial charge in [-0.05, 0) is 30.3 Å². The van der Waals surface area contributed by atoms with E-state index in [9.17, 15) is 25.0 Å². The van der Waals surface area contributed by atoms with Crippen molar-refractivity contribution in [2.45, 2.75) is 0 Å². The Morgan fingerprint density at radius 1 is 0.833 bits per heavy atom. The quantitative estimate of drug-likeness (QED) is 0.395. The molecule has 1 heterocycles. The van der Waals surface area contributed by atoms with Crippen molar-refractivity contribution >= 4 is 34.0 Å². The van der Waals surface area contributed by atoms with Crippen LogP contribution < -0.4 is 5.32 Å². The average molecular weight is 404 g/mol. The lowest BCUT2D eigenvalue weighted by Gasteiger charge is -2.05. The van der Waals surface area contributed by atoms with Crippen molar-refractivity contribution in [3.05, 3.63) is 92.5 Å². The van der Waals surface area contributed by atoms with Crippen LogP contribution in [0.15, 0.2) is 66.7 Å². The number of aromatic nitrogens is 3. The summed E-state index contributed by atoms with van der Waals surface area (Å²) in [6.45, 7) is 0. The molecule has 0 spiro atoms. The monoisotopic (exact) mass is 404 g/mol. The summed E-state index contributed by atoms with van der Waals surface area (Å²) in [5.74, 6) is -0.725. The number of nitrogens with one attached hydrogen (secondary N) is 1. The SMILES string of the molecule is O=C(Nc1ccc2nn(-c3ccccc3)nc2c1)c1cc([N+](=O)[O-])cc([N+](=O)[O-])c1. The molecule has 1 N–H and O–H groups in total. The van der Waals surface area contributed by atoms with Crippen LogP contribution in [0.4, 0.5) is 17.1 Å². The molecule has 0 saturated carbocycles. The minimum absolute atomic E-state index is 0.205. The Kier molecular flexibility index (Phi) is 4.60. The summed E-state index contributed by atoms with van der Waals surface area (Å²) in [6, 6.07) is 16.9. The van der Waals surface area contributed by atoms with Gasteiger partial charge in [-0.1, -0.05) is 18.2 Å². The lowest BCUT2D eigenvalue weighted by molar-refractivity contribution is -0.394. The highest BCUT2D eigenvalue weighted by atomic mass is 16.6. The lowest BCUT2D eigenvalue weighted by Crippen LogP contribution is -2.12. The van der Waals surface area contributed by atoms with E-state index < -0.39 is 27.1 Å². The molecule has 0 saturated heterocycles. The Labute approximate surface area is 167 Å². The fourth-order valence-corrected chi connectivity index (χ4v) is 2.81. The second-order valence-electron chi connectivity index (χ2n) is 6.23. The van der Waals surface area contributed by atoms with Crippen LogP contribution in [0.25, 0.3) is 16.7 Å². The molecular formula is C19H12N6O5. The second kappa shape index (κ2) is 7.39. The number of amides is 1. The standard InChI is InChI=1S/C19H12N6O5/c26-19(12-8-15(24(27)28)11-16(9-12)25(29)30)20-13-6-7-17-18(10-13)22-23(21-17)14-4-2-1-3-5-14/h1-11H,(H,20,26). The third kappa shape index (κ3) is 3.67. The molecule has 4 aromatic rings. The zero-order valence-corrected chi connectivity index (χ0v) is 15.1. The van der Waals surface area contributed by atoms with Gasteiger partial charge in [0.2, 0.25) is 0 Å². The van der Waals surface area contributed by atoms with Crippen molar-refractivity contribution in [2.24, 2.45) is 0 Å². The molecule has 1 amide bonds. The fourth-order valence-electron chi connectivity index (χ4n) is 2.81. The molecular weight excluding hydrogens is 392 g/mol. The lowest BCUT2D eigenvalue weighted by atomic mass is 10.1. The minimum atomic E-state index is -0.794. The van der Waals surface area contributed by atoms with E-state index in [0.29, 0.717) is 16.7 Å². The number of hydrogen-bond acceptors (Lipinski definition) is 7.